The van der Waals surface area contributed by atoms with Crippen LogP contribution in [0.4, 0.5) is 4.39 Å². The molecule has 1 aromatic carbocycles. The van der Waals surface area contributed by atoms with Crippen LogP contribution in [0.3, 0.4) is 0 Å². The summed E-state index contributed by atoms with van der Waals surface area (Å²) < 4.78 is 39.5. The molecule has 0 atom stereocenters. The van der Waals surface area contributed by atoms with E-state index in [0.29, 0.717) is 13.1 Å². The van der Waals surface area contributed by atoms with Gasteiger partial charge in [-0.15, -0.1) is 0 Å². The lowest BCUT2D eigenvalue weighted by Crippen LogP contribution is -2.31. The number of halogens is 1. The van der Waals surface area contributed by atoms with Gasteiger partial charge in [0.25, 0.3) is 0 Å². The van der Waals surface area contributed by atoms with Gasteiger partial charge >= 0.3 is 0 Å². The van der Waals surface area contributed by atoms with E-state index >= 15 is 0 Å². The predicted molar refractivity (Wildman–Crippen MR) is 68.0 cm³/mol. The Bertz CT molecular complexity index is 503. The van der Waals surface area contributed by atoms with Gasteiger partial charge in [-0.1, -0.05) is 0 Å². The monoisotopic (exact) mass is 275 g/mol. The Balaban J connectivity index is 2.85. The van der Waals surface area contributed by atoms with Gasteiger partial charge in [0.15, 0.2) is 0 Å². The maximum absolute atomic E-state index is 13.2. The molecule has 0 aromatic heterocycles. The van der Waals surface area contributed by atoms with Gasteiger partial charge in [-0.25, -0.2) is 17.5 Å². The zero-order chi connectivity index (χ0) is 13.8. The van der Waals surface area contributed by atoms with Crippen molar-refractivity contribution in [2.45, 2.75) is 11.4 Å². The maximum Gasteiger partial charge on any atom is 0.240 e. The Morgan fingerprint density at radius 1 is 1.39 bits per heavy atom. The predicted octanol–water partition coefficient (Wildman–Crippen LogP) is 0.124. The minimum absolute atomic E-state index is 0.0307. The van der Waals surface area contributed by atoms with Gasteiger partial charge in [0, 0.05) is 25.2 Å². The van der Waals surface area contributed by atoms with E-state index in [9.17, 15) is 12.8 Å². The number of nitrogens with zero attached hydrogens (tertiary/aromatic N) is 1. The summed E-state index contributed by atoms with van der Waals surface area (Å²) in [6, 6.07) is 3.60. The summed E-state index contributed by atoms with van der Waals surface area (Å²) in [6.45, 7) is 0.849. The average Bonchev–Trinajstić information content (AvgIpc) is 2.28. The molecule has 5 nitrogen and oxygen atoms in total. The molecule has 0 aliphatic rings. The summed E-state index contributed by atoms with van der Waals surface area (Å²) in [6.07, 6.45) is 0. The Morgan fingerprint density at radius 2 is 2.06 bits per heavy atom. The third-order valence-corrected chi connectivity index (χ3v) is 3.86. The van der Waals surface area contributed by atoms with Crippen molar-refractivity contribution in [1.29, 1.82) is 0 Å². The molecule has 7 heteroatoms. The second-order valence-corrected chi connectivity index (χ2v) is 5.93. The van der Waals surface area contributed by atoms with Crippen molar-refractivity contribution >= 4 is 10.0 Å². The molecular weight excluding hydrogens is 257 g/mol. The molecule has 0 radical (unpaired) electrons. The molecule has 1 rings (SSSR count). The minimum Gasteiger partial charge on any atom is -0.326 e. The number of hydrogen-bond acceptors (Lipinski definition) is 4. The van der Waals surface area contributed by atoms with Crippen LogP contribution in [-0.2, 0) is 16.6 Å². The lowest BCUT2D eigenvalue weighted by atomic mass is 10.2. The number of likely N-dealkylation sites (N-methyl/N-ethyl adjacent to an activating group) is 1. The van der Waals surface area contributed by atoms with Crippen LogP contribution in [-0.4, -0.2) is 40.5 Å². The van der Waals surface area contributed by atoms with Crippen molar-refractivity contribution in [1.82, 2.24) is 9.62 Å². The van der Waals surface area contributed by atoms with Gasteiger partial charge in [-0.05, 0) is 32.3 Å². The summed E-state index contributed by atoms with van der Waals surface area (Å²) in [7, 11) is 0.0877. The summed E-state index contributed by atoms with van der Waals surface area (Å²) in [5.41, 5.74) is 5.53. The summed E-state index contributed by atoms with van der Waals surface area (Å²) in [4.78, 5) is 1.89. The highest BCUT2D eigenvalue weighted by atomic mass is 32.2. The molecule has 0 unspecified atom stereocenters. The topological polar surface area (TPSA) is 75.4 Å². The molecule has 0 aliphatic carbocycles. The first-order chi connectivity index (χ1) is 8.36. The van der Waals surface area contributed by atoms with Gasteiger partial charge in [0.05, 0.1) is 4.90 Å². The number of nitrogens with two attached hydrogens (primary N) is 1. The molecule has 0 saturated heterocycles. The van der Waals surface area contributed by atoms with Gasteiger partial charge in [0.1, 0.15) is 5.82 Å². The number of nitrogens with one attached hydrogen (secondary N) is 1. The van der Waals surface area contributed by atoms with Gasteiger partial charge in [-0.3, -0.25) is 0 Å². The number of rotatable bonds is 6. The molecule has 0 spiro atoms. The Hall–Kier alpha value is -1.02. The van der Waals surface area contributed by atoms with Crippen LogP contribution in [0.5, 0.6) is 0 Å². The quantitative estimate of drug-likeness (QED) is 0.773. The van der Waals surface area contributed by atoms with Crippen LogP contribution >= 0.6 is 0 Å². The standard InChI is InChI=1S/C11H18FN3O2S/c1-15(2)6-5-14-18(16,17)10-3-4-11(12)9(7-10)8-13/h3-4,7,14H,5-6,8,13H2,1-2H3. The first-order valence-corrected chi connectivity index (χ1v) is 6.98. The van der Waals surface area contributed by atoms with Crippen LogP contribution in [0.15, 0.2) is 23.1 Å². The van der Waals surface area contributed by atoms with Crippen LogP contribution in [0, 0.1) is 5.82 Å². The molecule has 102 valence electrons. The fourth-order valence-corrected chi connectivity index (χ4v) is 2.43. The SMILES string of the molecule is CN(C)CCNS(=O)(=O)c1ccc(F)c(CN)c1. The molecule has 0 bridgehead atoms. The fourth-order valence-electron chi connectivity index (χ4n) is 1.36. The first kappa shape index (κ1) is 15.0. The van der Waals surface area contributed by atoms with E-state index in [0.717, 1.165) is 6.07 Å². The molecule has 0 amide bonds. The molecule has 3 N–H and O–H groups in total. The van der Waals surface area contributed by atoms with Crippen LogP contribution in [0.25, 0.3) is 0 Å². The van der Waals surface area contributed by atoms with E-state index in [1.165, 1.54) is 12.1 Å². The van der Waals surface area contributed by atoms with Crippen molar-refractivity contribution < 1.29 is 12.8 Å². The molecule has 0 heterocycles. The van der Waals surface area contributed by atoms with E-state index in [1.54, 1.807) is 0 Å². The third-order valence-electron chi connectivity index (χ3n) is 2.40. The van der Waals surface area contributed by atoms with Crippen molar-refractivity contribution in [2.24, 2.45) is 5.73 Å². The van der Waals surface area contributed by atoms with Crippen LogP contribution < -0.4 is 10.5 Å². The Kier molecular flexibility index (Phi) is 5.21. The van der Waals surface area contributed by atoms with Crippen LogP contribution in [0.2, 0.25) is 0 Å². The molecule has 0 aliphatic heterocycles. The van der Waals surface area contributed by atoms with Crippen LogP contribution in [0.1, 0.15) is 5.56 Å². The minimum atomic E-state index is -3.60. The second kappa shape index (κ2) is 6.24. The Morgan fingerprint density at radius 3 is 2.61 bits per heavy atom. The van der Waals surface area contributed by atoms with E-state index in [2.05, 4.69) is 4.72 Å². The molecule has 18 heavy (non-hydrogen) atoms. The van der Waals surface area contributed by atoms with E-state index < -0.39 is 15.8 Å². The van der Waals surface area contributed by atoms with Gasteiger partial charge in [-0.2, -0.15) is 0 Å². The molecule has 0 saturated carbocycles. The Labute approximate surface area is 107 Å². The average molecular weight is 275 g/mol. The number of benzene rings is 1. The number of hydrogen-bond donors (Lipinski definition) is 2. The lowest BCUT2D eigenvalue weighted by Gasteiger charge is -2.11. The zero-order valence-electron chi connectivity index (χ0n) is 10.5. The summed E-state index contributed by atoms with van der Waals surface area (Å²) in [5.74, 6) is -0.496. The van der Waals surface area contributed by atoms with Crippen molar-refractivity contribution in [3.05, 3.63) is 29.6 Å². The smallest absolute Gasteiger partial charge is 0.240 e. The highest BCUT2D eigenvalue weighted by Gasteiger charge is 2.15. The second-order valence-electron chi connectivity index (χ2n) is 4.16. The highest BCUT2D eigenvalue weighted by Crippen LogP contribution is 2.14. The van der Waals surface area contributed by atoms with E-state index in [-0.39, 0.29) is 17.0 Å². The fraction of sp³-hybridized carbons (Fsp3) is 0.455. The first-order valence-electron chi connectivity index (χ1n) is 5.49. The summed E-state index contributed by atoms with van der Waals surface area (Å²) in [5, 5.41) is 0. The van der Waals surface area contributed by atoms with Crippen molar-refractivity contribution in [3.63, 3.8) is 0 Å². The largest absolute Gasteiger partial charge is 0.326 e. The highest BCUT2D eigenvalue weighted by molar-refractivity contribution is 7.89. The van der Waals surface area contributed by atoms with E-state index in [1.807, 2.05) is 19.0 Å². The third kappa shape index (κ3) is 4.02. The van der Waals surface area contributed by atoms with Crippen molar-refractivity contribution in [2.75, 3.05) is 27.2 Å². The van der Waals surface area contributed by atoms with Gasteiger partial charge in [0.2, 0.25) is 10.0 Å². The molecule has 0 fully saturated rings. The lowest BCUT2D eigenvalue weighted by molar-refractivity contribution is 0.412. The van der Waals surface area contributed by atoms with E-state index in [4.69, 9.17) is 5.73 Å². The normalized spacial score (nSPS) is 12.1. The zero-order valence-corrected chi connectivity index (χ0v) is 11.3. The van der Waals surface area contributed by atoms with Gasteiger partial charge < -0.3 is 10.6 Å². The maximum atomic E-state index is 13.2. The molecule has 1 aromatic rings. The number of sulfonamides is 1. The molecular formula is C11H18FN3O2S. The summed E-state index contributed by atoms with van der Waals surface area (Å²) >= 11 is 0. The van der Waals surface area contributed by atoms with Crippen molar-refractivity contribution in [3.8, 4) is 0 Å².